The van der Waals surface area contributed by atoms with E-state index in [0.717, 1.165) is 16.4 Å². The first-order valence-electron chi connectivity index (χ1n) is 6.08. The zero-order valence-electron chi connectivity index (χ0n) is 10.6. The lowest BCUT2D eigenvalue weighted by Gasteiger charge is -1.99. The van der Waals surface area contributed by atoms with E-state index in [4.69, 9.17) is 10.5 Å². The lowest BCUT2D eigenvalue weighted by molar-refractivity contribution is 0.277. The van der Waals surface area contributed by atoms with E-state index in [2.05, 4.69) is 15.1 Å². The van der Waals surface area contributed by atoms with Crippen LogP contribution in [0.4, 0.5) is 0 Å². The number of para-hydroxylation sites is 1. The third-order valence-corrected chi connectivity index (χ3v) is 3.53. The van der Waals surface area contributed by atoms with Crippen molar-refractivity contribution in [3.63, 3.8) is 0 Å². The molecule has 102 valence electrons. The Morgan fingerprint density at radius 3 is 2.85 bits per heavy atom. The van der Waals surface area contributed by atoms with E-state index >= 15 is 0 Å². The normalized spacial score (nSPS) is 10.7. The largest absolute Gasteiger partial charge is 0.456 e. The van der Waals surface area contributed by atoms with Gasteiger partial charge in [0, 0.05) is 11.9 Å². The van der Waals surface area contributed by atoms with Gasteiger partial charge in [0.15, 0.2) is 0 Å². The van der Waals surface area contributed by atoms with Crippen LogP contribution in [-0.2, 0) is 13.2 Å². The Hall–Kier alpha value is -2.25. The summed E-state index contributed by atoms with van der Waals surface area (Å²) in [6.07, 6.45) is 1.62. The van der Waals surface area contributed by atoms with Crippen molar-refractivity contribution in [2.24, 2.45) is 5.73 Å². The van der Waals surface area contributed by atoms with Crippen LogP contribution in [0.3, 0.4) is 0 Å². The Balaban J connectivity index is 1.65. The fourth-order valence-corrected chi connectivity index (χ4v) is 2.33. The van der Waals surface area contributed by atoms with E-state index in [1.54, 1.807) is 11.0 Å². The van der Waals surface area contributed by atoms with Crippen LogP contribution in [0.1, 0.15) is 10.7 Å². The molecule has 0 radical (unpaired) electrons. The maximum atomic E-state index is 5.52. The molecule has 7 heteroatoms. The van der Waals surface area contributed by atoms with Gasteiger partial charge in [-0.3, -0.25) is 0 Å². The molecule has 0 aliphatic carbocycles. The average molecular weight is 287 g/mol. The summed E-state index contributed by atoms with van der Waals surface area (Å²) >= 11 is 1.52. The number of ether oxygens (including phenoxy) is 1. The fraction of sp³-hybridized carbons (Fsp3) is 0.154. The SMILES string of the molecule is NCc1nc(COc2ncn(-c3ccccc3)n2)cs1. The first-order chi connectivity index (χ1) is 9.85. The number of nitrogens with two attached hydrogens (primary N) is 1. The zero-order valence-corrected chi connectivity index (χ0v) is 11.5. The second kappa shape index (κ2) is 5.81. The highest BCUT2D eigenvalue weighted by Crippen LogP contribution is 2.12. The van der Waals surface area contributed by atoms with Crippen LogP contribution in [0.2, 0.25) is 0 Å². The van der Waals surface area contributed by atoms with E-state index < -0.39 is 0 Å². The third kappa shape index (κ3) is 2.84. The number of rotatable bonds is 5. The quantitative estimate of drug-likeness (QED) is 0.773. The van der Waals surface area contributed by atoms with Gasteiger partial charge in [-0.1, -0.05) is 18.2 Å². The van der Waals surface area contributed by atoms with Gasteiger partial charge in [0.2, 0.25) is 0 Å². The third-order valence-electron chi connectivity index (χ3n) is 2.61. The second-order valence-electron chi connectivity index (χ2n) is 4.03. The van der Waals surface area contributed by atoms with Crippen molar-refractivity contribution < 1.29 is 4.74 Å². The first kappa shape index (κ1) is 12.8. The predicted octanol–water partition coefficient (Wildman–Crippen LogP) is 1.76. The monoisotopic (exact) mass is 287 g/mol. The molecule has 1 aromatic carbocycles. The number of nitrogens with zero attached hydrogens (tertiary/aromatic N) is 4. The van der Waals surface area contributed by atoms with Crippen molar-refractivity contribution in [2.75, 3.05) is 0 Å². The molecule has 0 fully saturated rings. The van der Waals surface area contributed by atoms with Crippen molar-refractivity contribution >= 4 is 11.3 Å². The molecule has 3 rings (SSSR count). The van der Waals surface area contributed by atoms with Crippen LogP contribution in [0.5, 0.6) is 6.01 Å². The number of hydrogen-bond acceptors (Lipinski definition) is 6. The minimum atomic E-state index is 0.330. The first-order valence-corrected chi connectivity index (χ1v) is 6.96. The summed E-state index contributed by atoms with van der Waals surface area (Å²) in [6.45, 7) is 0.793. The van der Waals surface area contributed by atoms with Crippen molar-refractivity contribution in [1.29, 1.82) is 0 Å². The van der Waals surface area contributed by atoms with Gasteiger partial charge in [0.1, 0.15) is 17.9 Å². The molecule has 0 saturated heterocycles. The second-order valence-corrected chi connectivity index (χ2v) is 4.98. The molecular weight excluding hydrogens is 274 g/mol. The van der Waals surface area contributed by atoms with Crippen molar-refractivity contribution in [2.45, 2.75) is 13.2 Å². The Kier molecular flexibility index (Phi) is 3.71. The molecule has 0 spiro atoms. The number of benzene rings is 1. The smallest absolute Gasteiger partial charge is 0.336 e. The summed E-state index contributed by atoms with van der Waals surface area (Å²) in [7, 11) is 0. The van der Waals surface area contributed by atoms with Crippen LogP contribution in [0.15, 0.2) is 42.0 Å². The minimum absolute atomic E-state index is 0.330. The molecule has 0 aliphatic rings. The highest BCUT2D eigenvalue weighted by molar-refractivity contribution is 7.09. The Labute approximate surface area is 119 Å². The molecular formula is C13H13N5OS. The van der Waals surface area contributed by atoms with Gasteiger partial charge in [0.05, 0.1) is 11.4 Å². The predicted molar refractivity (Wildman–Crippen MR) is 75.7 cm³/mol. The van der Waals surface area contributed by atoms with Crippen molar-refractivity contribution in [3.8, 4) is 11.7 Å². The van der Waals surface area contributed by atoms with E-state index in [9.17, 15) is 0 Å². The Morgan fingerprint density at radius 2 is 2.10 bits per heavy atom. The number of hydrogen-bond donors (Lipinski definition) is 1. The van der Waals surface area contributed by atoms with Crippen LogP contribution in [0, 0.1) is 0 Å². The van der Waals surface area contributed by atoms with E-state index in [1.807, 2.05) is 35.7 Å². The van der Waals surface area contributed by atoms with Crippen molar-refractivity contribution in [1.82, 2.24) is 19.7 Å². The van der Waals surface area contributed by atoms with Gasteiger partial charge >= 0.3 is 6.01 Å². The molecule has 2 N–H and O–H groups in total. The summed E-state index contributed by atoms with van der Waals surface area (Å²) in [5.74, 6) is 0. The molecule has 20 heavy (non-hydrogen) atoms. The molecule has 2 aromatic heterocycles. The van der Waals surface area contributed by atoms with Gasteiger partial charge in [-0.05, 0) is 12.1 Å². The maximum Gasteiger partial charge on any atom is 0.336 e. The van der Waals surface area contributed by atoms with Crippen molar-refractivity contribution in [3.05, 3.63) is 52.7 Å². The van der Waals surface area contributed by atoms with Crippen LogP contribution < -0.4 is 10.5 Å². The van der Waals surface area contributed by atoms with Crippen LogP contribution in [0.25, 0.3) is 5.69 Å². The number of thiazole rings is 1. The standard InChI is InChI=1S/C13H13N5OS/c14-6-12-16-10(8-20-12)7-19-13-15-9-18(17-13)11-4-2-1-3-5-11/h1-5,8-9H,6-7,14H2. The minimum Gasteiger partial charge on any atom is -0.456 e. The summed E-state index contributed by atoms with van der Waals surface area (Å²) in [4.78, 5) is 8.43. The highest BCUT2D eigenvalue weighted by atomic mass is 32.1. The topological polar surface area (TPSA) is 78.9 Å². The molecule has 0 aliphatic heterocycles. The Morgan fingerprint density at radius 1 is 1.25 bits per heavy atom. The molecule has 0 unspecified atom stereocenters. The van der Waals surface area contributed by atoms with E-state index in [0.29, 0.717) is 19.2 Å². The molecule has 0 bridgehead atoms. The van der Waals surface area contributed by atoms with Gasteiger partial charge < -0.3 is 10.5 Å². The molecule has 3 aromatic rings. The maximum absolute atomic E-state index is 5.52. The van der Waals surface area contributed by atoms with Gasteiger partial charge in [-0.25, -0.2) is 9.67 Å². The highest BCUT2D eigenvalue weighted by Gasteiger charge is 2.06. The lowest BCUT2D eigenvalue weighted by Crippen LogP contribution is -2.00. The van der Waals surface area contributed by atoms with Gasteiger partial charge in [-0.2, -0.15) is 4.98 Å². The molecule has 0 saturated carbocycles. The van der Waals surface area contributed by atoms with Gasteiger partial charge in [0.25, 0.3) is 0 Å². The zero-order chi connectivity index (χ0) is 13.8. The van der Waals surface area contributed by atoms with Gasteiger partial charge in [-0.15, -0.1) is 16.4 Å². The van der Waals surface area contributed by atoms with Crippen LogP contribution in [-0.4, -0.2) is 19.7 Å². The molecule has 0 atom stereocenters. The molecule has 2 heterocycles. The lowest BCUT2D eigenvalue weighted by atomic mass is 10.3. The summed E-state index contributed by atoms with van der Waals surface area (Å²) in [5.41, 5.74) is 7.30. The molecule has 0 amide bonds. The Bertz CT molecular complexity index is 679. The average Bonchev–Trinajstić information content (AvgIpc) is 3.15. The summed E-state index contributed by atoms with van der Waals surface area (Å²) in [5, 5.41) is 7.08. The van der Waals surface area contributed by atoms with E-state index in [-0.39, 0.29) is 0 Å². The fourth-order valence-electron chi connectivity index (χ4n) is 1.67. The van der Waals surface area contributed by atoms with E-state index in [1.165, 1.54) is 11.3 Å². The van der Waals surface area contributed by atoms with Crippen LogP contribution >= 0.6 is 11.3 Å². The summed E-state index contributed by atoms with van der Waals surface area (Å²) < 4.78 is 7.18. The summed E-state index contributed by atoms with van der Waals surface area (Å²) in [6, 6.07) is 10.1. The molecule has 6 nitrogen and oxygen atoms in total. The number of aromatic nitrogens is 4.